The average Bonchev–Trinajstić information content (AvgIpc) is 3.38. The van der Waals surface area contributed by atoms with E-state index in [0.717, 1.165) is 22.3 Å². The molecule has 1 aliphatic heterocycles. The fourth-order valence-electron chi connectivity index (χ4n) is 4.17. The molecule has 1 heterocycles. The van der Waals surface area contributed by atoms with Crippen molar-refractivity contribution in [2.24, 2.45) is 0 Å². The normalized spacial score (nSPS) is 19.4. The van der Waals surface area contributed by atoms with Crippen molar-refractivity contribution >= 4 is 18.0 Å². The van der Waals surface area contributed by atoms with Crippen molar-refractivity contribution in [1.29, 1.82) is 0 Å². The first-order valence-corrected chi connectivity index (χ1v) is 10.4. The molecule has 3 N–H and O–H groups in total. The molecule has 1 saturated heterocycles. The monoisotopic (exact) mass is 436 g/mol. The Bertz CT molecular complexity index is 1000. The van der Waals surface area contributed by atoms with Gasteiger partial charge in [-0.2, -0.15) is 0 Å². The van der Waals surface area contributed by atoms with E-state index in [-0.39, 0.29) is 25.7 Å². The predicted molar refractivity (Wildman–Crippen MR) is 116 cm³/mol. The molecule has 1 aliphatic carbocycles. The number of carbonyl (C=O) groups is 3. The Morgan fingerprint density at radius 1 is 1.06 bits per heavy atom. The van der Waals surface area contributed by atoms with Crippen LogP contribution in [-0.2, 0) is 19.1 Å². The number of amides is 2. The fraction of sp³-hybridized carbons (Fsp3) is 0.292. The number of fused-ring (bicyclic) bond motifs is 3. The molecule has 0 bridgehead atoms. The zero-order valence-electron chi connectivity index (χ0n) is 17.3. The molecule has 166 valence electrons. The Morgan fingerprint density at radius 2 is 1.72 bits per heavy atom. The van der Waals surface area contributed by atoms with Crippen LogP contribution in [0.15, 0.2) is 60.7 Å². The molecule has 0 saturated carbocycles. The standard InChI is InChI=1S/C24H24N2O6/c27-21(26-20-11-13-31-22(20)23(28)29)10-5-12-25-24(30)32-14-19-17-8-3-1-6-15(17)16-7-2-4-9-18(16)19/h1-10,19-20,22H,11-14H2,(H,25,30)(H,26,27)(H,28,29)/b10-5+/t20-,22+/m0/s1. The molecule has 0 radical (unpaired) electrons. The lowest BCUT2D eigenvalue weighted by Gasteiger charge is -2.15. The number of rotatable bonds is 7. The maximum atomic E-state index is 12.1. The molecule has 0 aromatic heterocycles. The van der Waals surface area contributed by atoms with Crippen molar-refractivity contribution in [3.63, 3.8) is 0 Å². The summed E-state index contributed by atoms with van der Waals surface area (Å²) in [6, 6.07) is 15.6. The van der Waals surface area contributed by atoms with Crippen molar-refractivity contribution in [2.75, 3.05) is 19.8 Å². The zero-order chi connectivity index (χ0) is 22.5. The van der Waals surface area contributed by atoms with Crippen molar-refractivity contribution in [1.82, 2.24) is 10.6 Å². The van der Waals surface area contributed by atoms with Crippen molar-refractivity contribution in [3.8, 4) is 11.1 Å². The SMILES string of the molecule is O=C(/C=C/CNC(=O)OCC1c2ccccc2-c2ccccc21)N[C@H]1CCO[C@H]1C(=O)O. The fourth-order valence-corrected chi connectivity index (χ4v) is 4.17. The van der Waals surface area contributed by atoms with Gasteiger partial charge in [-0.1, -0.05) is 54.6 Å². The Kier molecular flexibility index (Phi) is 6.51. The maximum Gasteiger partial charge on any atom is 0.407 e. The smallest absolute Gasteiger partial charge is 0.407 e. The summed E-state index contributed by atoms with van der Waals surface area (Å²) in [6.07, 6.45) is 1.55. The summed E-state index contributed by atoms with van der Waals surface area (Å²) >= 11 is 0. The summed E-state index contributed by atoms with van der Waals surface area (Å²) in [7, 11) is 0. The summed E-state index contributed by atoms with van der Waals surface area (Å²) in [4.78, 5) is 35.1. The number of aliphatic carboxylic acids is 1. The van der Waals surface area contributed by atoms with E-state index >= 15 is 0 Å². The molecule has 0 spiro atoms. The number of carbonyl (C=O) groups excluding carboxylic acids is 2. The second-order valence-electron chi connectivity index (χ2n) is 7.64. The van der Waals surface area contributed by atoms with Gasteiger partial charge in [0.15, 0.2) is 6.10 Å². The van der Waals surface area contributed by atoms with Crippen LogP contribution in [0.25, 0.3) is 11.1 Å². The average molecular weight is 436 g/mol. The van der Waals surface area contributed by atoms with E-state index in [4.69, 9.17) is 14.6 Å². The van der Waals surface area contributed by atoms with Gasteiger partial charge in [0.2, 0.25) is 5.91 Å². The molecule has 2 atom stereocenters. The first-order valence-electron chi connectivity index (χ1n) is 10.4. The maximum absolute atomic E-state index is 12.1. The molecule has 1 fully saturated rings. The Morgan fingerprint density at radius 3 is 2.38 bits per heavy atom. The number of benzene rings is 2. The summed E-state index contributed by atoms with van der Waals surface area (Å²) in [5.41, 5.74) is 4.58. The van der Waals surface area contributed by atoms with E-state index in [9.17, 15) is 14.4 Å². The minimum Gasteiger partial charge on any atom is -0.479 e. The predicted octanol–water partition coefficient (Wildman–Crippen LogP) is 2.44. The highest BCUT2D eigenvalue weighted by atomic mass is 16.5. The van der Waals surface area contributed by atoms with Crippen LogP contribution in [0.1, 0.15) is 23.5 Å². The highest BCUT2D eigenvalue weighted by molar-refractivity contribution is 5.88. The molecule has 32 heavy (non-hydrogen) atoms. The van der Waals surface area contributed by atoms with Gasteiger partial charge in [0.25, 0.3) is 0 Å². The third-order valence-corrected chi connectivity index (χ3v) is 5.64. The van der Waals surface area contributed by atoms with Crippen LogP contribution >= 0.6 is 0 Å². The lowest BCUT2D eigenvalue weighted by atomic mass is 9.98. The largest absolute Gasteiger partial charge is 0.479 e. The van der Waals surface area contributed by atoms with E-state index in [1.807, 2.05) is 36.4 Å². The van der Waals surface area contributed by atoms with Gasteiger partial charge in [-0.15, -0.1) is 0 Å². The number of nitrogens with one attached hydrogen (secondary N) is 2. The van der Waals surface area contributed by atoms with Crippen molar-refractivity contribution in [2.45, 2.75) is 24.5 Å². The van der Waals surface area contributed by atoms with Gasteiger partial charge in [0.1, 0.15) is 6.61 Å². The number of carboxylic acid groups (broad SMARTS) is 1. The van der Waals surface area contributed by atoms with Gasteiger partial charge in [-0.25, -0.2) is 9.59 Å². The summed E-state index contributed by atoms with van der Waals surface area (Å²) in [5.74, 6) is -1.57. The minimum absolute atomic E-state index is 0.0229. The number of carboxylic acids is 1. The summed E-state index contributed by atoms with van der Waals surface area (Å²) < 4.78 is 10.5. The Hall–Kier alpha value is -3.65. The van der Waals surface area contributed by atoms with Crippen LogP contribution in [-0.4, -0.2) is 55.0 Å². The molecule has 0 unspecified atom stereocenters. The number of hydrogen-bond acceptors (Lipinski definition) is 5. The van der Waals surface area contributed by atoms with Crippen LogP contribution in [0.5, 0.6) is 0 Å². The second-order valence-corrected chi connectivity index (χ2v) is 7.64. The van der Waals surface area contributed by atoms with Gasteiger partial charge in [-0.05, 0) is 28.7 Å². The molecule has 4 rings (SSSR count). The van der Waals surface area contributed by atoms with E-state index < -0.39 is 30.1 Å². The van der Waals surface area contributed by atoms with Crippen LogP contribution in [0, 0.1) is 0 Å². The van der Waals surface area contributed by atoms with Gasteiger partial charge >= 0.3 is 12.1 Å². The van der Waals surface area contributed by atoms with Gasteiger partial charge in [0, 0.05) is 25.1 Å². The van der Waals surface area contributed by atoms with E-state index in [0.29, 0.717) is 6.42 Å². The Labute approximate surface area is 185 Å². The zero-order valence-corrected chi connectivity index (χ0v) is 17.3. The lowest BCUT2D eigenvalue weighted by molar-refractivity contribution is -0.148. The van der Waals surface area contributed by atoms with Crippen LogP contribution in [0.3, 0.4) is 0 Å². The molecule has 8 nitrogen and oxygen atoms in total. The third-order valence-electron chi connectivity index (χ3n) is 5.64. The van der Waals surface area contributed by atoms with Crippen molar-refractivity contribution < 1.29 is 29.0 Å². The molecule has 2 aromatic rings. The summed E-state index contributed by atoms with van der Waals surface area (Å²) in [5, 5.41) is 14.2. The van der Waals surface area contributed by atoms with E-state index in [2.05, 4.69) is 22.8 Å². The first-order chi connectivity index (χ1) is 15.5. The quantitative estimate of drug-likeness (QED) is 0.575. The van der Waals surface area contributed by atoms with Gasteiger partial charge in [-0.3, -0.25) is 4.79 Å². The third kappa shape index (κ3) is 4.65. The van der Waals surface area contributed by atoms with Crippen molar-refractivity contribution in [3.05, 3.63) is 71.8 Å². The van der Waals surface area contributed by atoms with E-state index in [1.54, 1.807) is 0 Å². The number of ether oxygens (including phenoxy) is 2. The van der Waals surface area contributed by atoms with Crippen LogP contribution in [0.4, 0.5) is 4.79 Å². The number of alkyl carbamates (subject to hydrolysis) is 1. The molecule has 2 aromatic carbocycles. The van der Waals surface area contributed by atoms with Crippen LogP contribution < -0.4 is 10.6 Å². The minimum atomic E-state index is -1.10. The van der Waals surface area contributed by atoms with Crippen LogP contribution in [0.2, 0.25) is 0 Å². The topological polar surface area (TPSA) is 114 Å². The molecular formula is C24H24N2O6. The molecule has 2 amide bonds. The van der Waals surface area contributed by atoms with Gasteiger partial charge < -0.3 is 25.2 Å². The molecule has 2 aliphatic rings. The first kappa shape index (κ1) is 21.6. The van der Waals surface area contributed by atoms with Gasteiger partial charge in [0.05, 0.1) is 6.04 Å². The lowest BCUT2D eigenvalue weighted by Crippen LogP contribution is -2.43. The Balaban J connectivity index is 1.24. The number of hydrogen-bond donors (Lipinski definition) is 3. The molecule has 8 heteroatoms. The van der Waals surface area contributed by atoms with E-state index in [1.165, 1.54) is 12.2 Å². The highest BCUT2D eigenvalue weighted by Gasteiger charge is 2.34. The highest BCUT2D eigenvalue weighted by Crippen LogP contribution is 2.44. The summed E-state index contributed by atoms with van der Waals surface area (Å²) in [6.45, 7) is 0.602. The molecular weight excluding hydrogens is 412 g/mol. The second kappa shape index (κ2) is 9.65.